The van der Waals surface area contributed by atoms with Crippen LogP contribution >= 0.6 is 11.8 Å². The summed E-state index contributed by atoms with van der Waals surface area (Å²) in [6.07, 6.45) is 6.72. The Kier molecular flexibility index (Phi) is 4.79. The van der Waals surface area contributed by atoms with E-state index in [1.54, 1.807) is 12.6 Å². The van der Waals surface area contributed by atoms with Crippen LogP contribution in [0.5, 0.6) is 0 Å². The van der Waals surface area contributed by atoms with E-state index in [1.807, 2.05) is 29.7 Å². The van der Waals surface area contributed by atoms with Crippen molar-refractivity contribution < 1.29 is 9.21 Å². The first-order valence-electron chi connectivity index (χ1n) is 8.68. The smallest absolute Gasteiger partial charge is 0.237 e. The van der Waals surface area contributed by atoms with Crippen LogP contribution < -0.4 is 5.32 Å². The summed E-state index contributed by atoms with van der Waals surface area (Å²) in [5.41, 5.74) is 3.61. The number of thioether (sulfide) groups is 1. The van der Waals surface area contributed by atoms with E-state index in [2.05, 4.69) is 27.6 Å². The quantitative estimate of drug-likeness (QED) is 0.674. The first-order chi connectivity index (χ1) is 12.7. The van der Waals surface area contributed by atoms with Crippen LogP contribution in [0.3, 0.4) is 0 Å². The SMILES string of the molecule is CC(Sc1nncn1Cc1ccco1)C(=O)Nc1ccc2c(c1)CCC2. The number of amides is 1. The van der Waals surface area contributed by atoms with Crippen LogP contribution in [0, 0.1) is 0 Å². The molecule has 1 aliphatic carbocycles. The molecule has 1 aliphatic rings. The van der Waals surface area contributed by atoms with Crippen molar-refractivity contribution in [2.24, 2.45) is 0 Å². The molecule has 7 heteroatoms. The van der Waals surface area contributed by atoms with E-state index in [0.717, 1.165) is 24.3 Å². The topological polar surface area (TPSA) is 73.0 Å². The van der Waals surface area contributed by atoms with Gasteiger partial charge >= 0.3 is 0 Å². The number of carbonyl (C=O) groups is 1. The molecule has 6 nitrogen and oxygen atoms in total. The molecule has 1 amide bonds. The van der Waals surface area contributed by atoms with Crippen LogP contribution in [0.4, 0.5) is 5.69 Å². The Labute approximate surface area is 156 Å². The highest BCUT2D eigenvalue weighted by Crippen LogP contribution is 2.26. The number of hydrogen-bond donors (Lipinski definition) is 1. The van der Waals surface area contributed by atoms with Crippen LogP contribution in [0.25, 0.3) is 0 Å². The number of nitrogens with zero attached hydrogens (tertiary/aromatic N) is 3. The van der Waals surface area contributed by atoms with Gasteiger partial charge in [-0.2, -0.15) is 0 Å². The molecule has 1 aromatic carbocycles. The van der Waals surface area contributed by atoms with Crippen molar-refractivity contribution in [3.8, 4) is 0 Å². The van der Waals surface area contributed by atoms with Crippen LogP contribution in [0.15, 0.2) is 52.5 Å². The van der Waals surface area contributed by atoms with Gasteiger partial charge in [0.25, 0.3) is 0 Å². The standard InChI is InChI=1S/C19H20N4O2S/c1-13(18(24)21-16-8-7-14-4-2-5-15(14)10-16)26-19-22-20-12-23(19)11-17-6-3-9-25-17/h3,6-10,12-13H,2,4-5,11H2,1H3,(H,21,24). The lowest BCUT2D eigenvalue weighted by atomic mass is 10.1. The summed E-state index contributed by atoms with van der Waals surface area (Å²) in [5.74, 6) is 0.780. The average Bonchev–Trinajstić information content (AvgIpc) is 3.37. The van der Waals surface area contributed by atoms with Gasteiger partial charge in [0.05, 0.1) is 18.1 Å². The van der Waals surface area contributed by atoms with E-state index >= 15 is 0 Å². The fourth-order valence-electron chi connectivity index (χ4n) is 3.12. The number of aryl methyl sites for hydroxylation is 2. The second-order valence-electron chi connectivity index (χ2n) is 6.41. The maximum absolute atomic E-state index is 12.6. The molecule has 0 saturated heterocycles. The van der Waals surface area contributed by atoms with E-state index in [4.69, 9.17) is 4.42 Å². The molecule has 1 unspecified atom stereocenters. The maximum atomic E-state index is 12.6. The first-order valence-corrected chi connectivity index (χ1v) is 9.56. The van der Waals surface area contributed by atoms with Gasteiger partial charge in [-0.05, 0) is 61.6 Å². The fourth-order valence-corrected chi connectivity index (χ4v) is 3.94. The monoisotopic (exact) mass is 368 g/mol. The highest BCUT2D eigenvalue weighted by atomic mass is 32.2. The van der Waals surface area contributed by atoms with Gasteiger partial charge in [-0.15, -0.1) is 10.2 Å². The minimum atomic E-state index is -0.289. The van der Waals surface area contributed by atoms with E-state index in [1.165, 1.54) is 29.3 Å². The molecule has 0 bridgehead atoms. The highest BCUT2D eigenvalue weighted by Gasteiger charge is 2.19. The van der Waals surface area contributed by atoms with Crippen LogP contribution in [0.2, 0.25) is 0 Å². The van der Waals surface area contributed by atoms with Crippen molar-refractivity contribution >= 4 is 23.4 Å². The van der Waals surface area contributed by atoms with Gasteiger partial charge in [-0.1, -0.05) is 17.8 Å². The summed E-state index contributed by atoms with van der Waals surface area (Å²) >= 11 is 1.39. The Bertz CT molecular complexity index is 904. The number of rotatable bonds is 6. The number of hydrogen-bond acceptors (Lipinski definition) is 5. The summed E-state index contributed by atoms with van der Waals surface area (Å²) in [4.78, 5) is 12.6. The third kappa shape index (κ3) is 3.67. The van der Waals surface area contributed by atoms with Crippen molar-refractivity contribution in [2.75, 3.05) is 5.32 Å². The van der Waals surface area contributed by atoms with E-state index < -0.39 is 0 Å². The maximum Gasteiger partial charge on any atom is 0.237 e. The second-order valence-corrected chi connectivity index (χ2v) is 7.72. The molecular weight excluding hydrogens is 348 g/mol. The molecule has 134 valence electrons. The second kappa shape index (κ2) is 7.37. The molecule has 0 spiro atoms. The van der Waals surface area contributed by atoms with Gasteiger partial charge < -0.3 is 14.3 Å². The molecule has 0 aliphatic heterocycles. The predicted octanol–water partition coefficient (Wildman–Crippen LogP) is 3.53. The molecular formula is C19H20N4O2S. The number of aromatic nitrogens is 3. The summed E-state index contributed by atoms with van der Waals surface area (Å²) in [6.45, 7) is 2.42. The largest absolute Gasteiger partial charge is 0.467 e. The molecule has 4 rings (SSSR count). The van der Waals surface area contributed by atoms with Crippen molar-refractivity contribution in [2.45, 2.75) is 43.1 Å². The van der Waals surface area contributed by atoms with Gasteiger partial charge in [0.1, 0.15) is 12.1 Å². The number of nitrogens with one attached hydrogen (secondary N) is 1. The molecule has 1 atom stereocenters. The molecule has 3 aromatic rings. The Morgan fingerprint density at radius 3 is 3.08 bits per heavy atom. The van der Waals surface area contributed by atoms with Gasteiger partial charge in [-0.25, -0.2) is 0 Å². The molecule has 0 saturated carbocycles. The Morgan fingerprint density at radius 2 is 2.23 bits per heavy atom. The minimum absolute atomic E-state index is 0.0412. The third-order valence-corrected chi connectivity index (χ3v) is 5.60. The summed E-state index contributed by atoms with van der Waals surface area (Å²) in [7, 11) is 0. The summed E-state index contributed by atoms with van der Waals surface area (Å²) in [6, 6.07) is 9.95. The molecule has 26 heavy (non-hydrogen) atoms. The van der Waals surface area contributed by atoms with Crippen molar-refractivity contribution in [3.05, 3.63) is 59.8 Å². The zero-order valence-electron chi connectivity index (χ0n) is 14.5. The van der Waals surface area contributed by atoms with Crippen LogP contribution in [0.1, 0.15) is 30.2 Å². The average molecular weight is 368 g/mol. The number of fused-ring (bicyclic) bond motifs is 1. The Balaban J connectivity index is 1.39. The zero-order valence-corrected chi connectivity index (χ0v) is 15.3. The van der Waals surface area contributed by atoms with Gasteiger partial charge in [0.15, 0.2) is 5.16 Å². The van der Waals surface area contributed by atoms with E-state index in [0.29, 0.717) is 11.7 Å². The van der Waals surface area contributed by atoms with Gasteiger partial charge in [0, 0.05) is 5.69 Å². The number of carbonyl (C=O) groups excluding carboxylic acids is 1. The van der Waals surface area contributed by atoms with E-state index in [9.17, 15) is 4.79 Å². The summed E-state index contributed by atoms with van der Waals surface area (Å²) in [5, 5.41) is 11.5. The lowest BCUT2D eigenvalue weighted by Crippen LogP contribution is -2.23. The van der Waals surface area contributed by atoms with Crippen molar-refractivity contribution in [1.82, 2.24) is 14.8 Å². The van der Waals surface area contributed by atoms with Gasteiger partial charge in [-0.3, -0.25) is 4.79 Å². The lowest BCUT2D eigenvalue weighted by molar-refractivity contribution is -0.115. The molecule has 2 aromatic heterocycles. The van der Waals surface area contributed by atoms with Crippen LogP contribution in [-0.2, 0) is 24.2 Å². The highest BCUT2D eigenvalue weighted by molar-refractivity contribution is 8.00. The first kappa shape index (κ1) is 16.9. The lowest BCUT2D eigenvalue weighted by Gasteiger charge is -2.13. The van der Waals surface area contributed by atoms with Crippen molar-refractivity contribution in [3.63, 3.8) is 0 Å². The third-order valence-electron chi connectivity index (χ3n) is 4.50. The van der Waals surface area contributed by atoms with Crippen LogP contribution in [-0.4, -0.2) is 25.9 Å². The fraction of sp³-hybridized carbons (Fsp3) is 0.316. The van der Waals surface area contributed by atoms with Gasteiger partial charge in [0.2, 0.25) is 5.91 Å². The Morgan fingerprint density at radius 1 is 1.35 bits per heavy atom. The Hall–Kier alpha value is -2.54. The predicted molar refractivity (Wildman–Crippen MR) is 100 cm³/mol. The molecule has 2 heterocycles. The summed E-state index contributed by atoms with van der Waals surface area (Å²) < 4.78 is 7.24. The number of furan rings is 1. The molecule has 0 radical (unpaired) electrons. The molecule has 1 N–H and O–H groups in total. The number of benzene rings is 1. The zero-order chi connectivity index (χ0) is 17.9. The minimum Gasteiger partial charge on any atom is -0.467 e. The molecule has 0 fully saturated rings. The number of anilines is 1. The van der Waals surface area contributed by atoms with Crippen molar-refractivity contribution in [1.29, 1.82) is 0 Å². The van der Waals surface area contributed by atoms with E-state index in [-0.39, 0.29) is 11.2 Å². The normalized spacial score (nSPS) is 14.2.